The Labute approximate surface area is 119 Å². The number of carbonyl (C=O) groups excluding carboxylic acids is 1. The fourth-order valence-electron chi connectivity index (χ4n) is 2.84. The monoisotopic (exact) mass is 280 g/mol. The molecule has 2 N–H and O–H groups in total. The van der Waals surface area contributed by atoms with Gasteiger partial charge in [0.25, 0.3) is 0 Å². The Morgan fingerprint density at radius 2 is 2.26 bits per heavy atom. The minimum atomic E-state index is -0.171. The number of hydrogen-bond donors (Lipinski definition) is 1. The first-order valence-corrected chi connectivity index (χ1v) is 7.05. The zero-order valence-electron chi connectivity index (χ0n) is 11.5. The SMILES string of the molecule is CC1(C)CC(C(N)=O)CCN1Cc1cccc(Cl)c1. The first-order valence-electron chi connectivity index (χ1n) is 6.67. The van der Waals surface area contributed by atoms with Crippen LogP contribution < -0.4 is 5.73 Å². The highest BCUT2D eigenvalue weighted by Crippen LogP contribution is 2.32. The maximum atomic E-state index is 11.3. The van der Waals surface area contributed by atoms with Crippen LogP contribution in [0.25, 0.3) is 0 Å². The van der Waals surface area contributed by atoms with Crippen LogP contribution in [0.1, 0.15) is 32.3 Å². The predicted octanol–water partition coefficient (Wildman–Crippen LogP) is 2.82. The van der Waals surface area contributed by atoms with E-state index in [2.05, 4.69) is 24.8 Å². The molecule has 1 heterocycles. The van der Waals surface area contributed by atoms with E-state index in [1.165, 1.54) is 5.56 Å². The Hall–Kier alpha value is -1.06. The first-order chi connectivity index (χ1) is 8.88. The number of amides is 1. The van der Waals surface area contributed by atoms with Crippen molar-refractivity contribution in [2.75, 3.05) is 6.54 Å². The molecule has 0 spiro atoms. The second kappa shape index (κ2) is 5.51. The Morgan fingerprint density at radius 3 is 2.84 bits per heavy atom. The van der Waals surface area contributed by atoms with Crippen molar-refractivity contribution in [1.82, 2.24) is 4.90 Å². The molecule has 1 aliphatic rings. The fourth-order valence-corrected chi connectivity index (χ4v) is 3.05. The Kier molecular flexibility index (Phi) is 4.16. The highest BCUT2D eigenvalue weighted by Gasteiger charge is 2.36. The Balaban J connectivity index is 2.07. The Bertz CT molecular complexity index is 473. The molecule has 1 fully saturated rings. The van der Waals surface area contributed by atoms with Crippen molar-refractivity contribution in [1.29, 1.82) is 0 Å². The molecule has 0 radical (unpaired) electrons. The highest BCUT2D eigenvalue weighted by atomic mass is 35.5. The van der Waals surface area contributed by atoms with Crippen molar-refractivity contribution in [3.63, 3.8) is 0 Å². The van der Waals surface area contributed by atoms with Gasteiger partial charge in [-0.25, -0.2) is 0 Å². The van der Waals surface area contributed by atoms with E-state index >= 15 is 0 Å². The van der Waals surface area contributed by atoms with Gasteiger partial charge >= 0.3 is 0 Å². The average Bonchev–Trinajstić information content (AvgIpc) is 2.31. The van der Waals surface area contributed by atoms with Crippen LogP contribution in [-0.2, 0) is 11.3 Å². The molecule has 0 bridgehead atoms. The third kappa shape index (κ3) is 3.48. The van der Waals surface area contributed by atoms with E-state index in [4.69, 9.17) is 17.3 Å². The van der Waals surface area contributed by atoms with Gasteiger partial charge in [-0.15, -0.1) is 0 Å². The number of nitrogens with two attached hydrogens (primary N) is 1. The van der Waals surface area contributed by atoms with Crippen LogP contribution in [0.2, 0.25) is 5.02 Å². The lowest BCUT2D eigenvalue weighted by molar-refractivity contribution is -0.125. The number of rotatable bonds is 3. The molecule has 1 aromatic rings. The first kappa shape index (κ1) is 14.4. The summed E-state index contributed by atoms with van der Waals surface area (Å²) in [6, 6.07) is 7.94. The van der Waals surface area contributed by atoms with Gasteiger partial charge in [0.05, 0.1) is 0 Å². The lowest BCUT2D eigenvalue weighted by Crippen LogP contribution is -2.51. The van der Waals surface area contributed by atoms with Gasteiger partial charge in [0.2, 0.25) is 5.91 Å². The third-order valence-corrected chi connectivity index (χ3v) is 4.25. The van der Waals surface area contributed by atoms with E-state index in [1.54, 1.807) is 0 Å². The average molecular weight is 281 g/mol. The lowest BCUT2D eigenvalue weighted by Gasteiger charge is -2.45. The number of carbonyl (C=O) groups is 1. The van der Waals surface area contributed by atoms with E-state index in [-0.39, 0.29) is 17.4 Å². The predicted molar refractivity (Wildman–Crippen MR) is 77.9 cm³/mol. The summed E-state index contributed by atoms with van der Waals surface area (Å²) in [5.41, 5.74) is 6.62. The van der Waals surface area contributed by atoms with Crippen molar-refractivity contribution in [3.8, 4) is 0 Å². The second-order valence-corrected chi connectivity index (χ2v) is 6.39. The molecule has 1 aromatic carbocycles. The van der Waals surface area contributed by atoms with Gasteiger partial charge in [-0.3, -0.25) is 9.69 Å². The normalized spacial score (nSPS) is 23.2. The van der Waals surface area contributed by atoms with E-state index in [0.717, 1.165) is 31.0 Å². The molecule has 2 rings (SSSR count). The zero-order chi connectivity index (χ0) is 14.0. The standard InChI is InChI=1S/C15H21ClN2O/c1-15(2)9-12(14(17)19)6-7-18(15)10-11-4-3-5-13(16)8-11/h3-5,8,12H,6-7,9-10H2,1-2H3,(H2,17,19). The van der Waals surface area contributed by atoms with Gasteiger partial charge in [0.1, 0.15) is 0 Å². The second-order valence-electron chi connectivity index (χ2n) is 5.96. The molecule has 19 heavy (non-hydrogen) atoms. The van der Waals surface area contributed by atoms with Crippen LogP contribution in [-0.4, -0.2) is 22.9 Å². The van der Waals surface area contributed by atoms with Gasteiger partial charge < -0.3 is 5.73 Å². The van der Waals surface area contributed by atoms with Crippen molar-refractivity contribution in [3.05, 3.63) is 34.9 Å². The van der Waals surface area contributed by atoms with Crippen LogP contribution >= 0.6 is 11.6 Å². The van der Waals surface area contributed by atoms with Gasteiger partial charge in [-0.05, 0) is 50.9 Å². The number of nitrogens with zero attached hydrogens (tertiary/aromatic N) is 1. The summed E-state index contributed by atoms with van der Waals surface area (Å²) in [7, 11) is 0. The molecule has 0 aromatic heterocycles. The molecule has 1 amide bonds. The molecule has 0 aliphatic carbocycles. The zero-order valence-corrected chi connectivity index (χ0v) is 12.3. The molecule has 0 saturated carbocycles. The summed E-state index contributed by atoms with van der Waals surface area (Å²) >= 11 is 6.02. The van der Waals surface area contributed by atoms with E-state index < -0.39 is 0 Å². The summed E-state index contributed by atoms with van der Waals surface area (Å²) < 4.78 is 0. The quantitative estimate of drug-likeness (QED) is 0.925. The molecule has 104 valence electrons. The number of primary amides is 1. The van der Waals surface area contributed by atoms with Crippen LogP contribution in [0.5, 0.6) is 0 Å². The lowest BCUT2D eigenvalue weighted by atomic mass is 9.82. The van der Waals surface area contributed by atoms with Crippen LogP contribution in [0, 0.1) is 5.92 Å². The molecule has 4 heteroatoms. The van der Waals surface area contributed by atoms with E-state index in [1.807, 2.05) is 18.2 Å². The van der Waals surface area contributed by atoms with Crippen molar-refractivity contribution >= 4 is 17.5 Å². The van der Waals surface area contributed by atoms with Crippen molar-refractivity contribution in [2.45, 2.75) is 38.8 Å². The minimum absolute atomic E-state index is 0.00520. The molecular formula is C15H21ClN2O. The van der Waals surface area contributed by atoms with E-state index in [0.29, 0.717) is 0 Å². The van der Waals surface area contributed by atoms with Crippen molar-refractivity contribution in [2.24, 2.45) is 11.7 Å². The van der Waals surface area contributed by atoms with Gasteiger partial charge in [0, 0.05) is 23.0 Å². The molecule has 3 nitrogen and oxygen atoms in total. The molecule has 1 unspecified atom stereocenters. The summed E-state index contributed by atoms with van der Waals surface area (Å²) in [4.78, 5) is 13.7. The number of halogens is 1. The highest BCUT2D eigenvalue weighted by molar-refractivity contribution is 6.30. The molecule has 1 aliphatic heterocycles. The van der Waals surface area contributed by atoms with Gasteiger partial charge in [0.15, 0.2) is 0 Å². The topological polar surface area (TPSA) is 46.3 Å². The molecule has 1 saturated heterocycles. The summed E-state index contributed by atoms with van der Waals surface area (Å²) in [5, 5.41) is 0.766. The van der Waals surface area contributed by atoms with Crippen LogP contribution in [0.15, 0.2) is 24.3 Å². The fraction of sp³-hybridized carbons (Fsp3) is 0.533. The summed E-state index contributed by atoms with van der Waals surface area (Å²) in [5.74, 6) is -0.166. The number of hydrogen-bond acceptors (Lipinski definition) is 2. The van der Waals surface area contributed by atoms with Gasteiger partial charge in [-0.1, -0.05) is 23.7 Å². The maximum absolute atomic E-state index is 11.3. The number of likely N-dealkylation sites (tertiary alicyclic amines) is 1. The smallest absolute Gasteiger partial charge is 0.220 e. The van der Waals surface area contributed by atoms with Gasteiger partial charge in [-0.2, -0.15) is 0 Å². The number of benzene rings is 1. The summed E-state index contributed by atoms with van der Waals surface area (Å²) in [6.07, 6.45) is 1.67. The largest absolute Gasteiger partial charge is 0.369 e. The molecule has 1 atom stereocenters. The summed E-state index contributed by atoms with van der Waals surface area (Å²) in [6.45, 7) is 6.10. The van der Waals surface area contributed by atoms with Crippen molar-refractivity contribution < 1.29 is 4.79 Å². The maximum Gasteiger partial charge on any atom is 0.220 e. The molecular weight excluding hydrogens is 260 g/mol. The third-order valence-electron chi connectivity index (χ3n) is 4.01. The van der Waals surface area contributed by atoms with Crippen LogP contribution in [0.3, 0.4) is 0 Å². The van der Waals surface area contributed by atoms with Crippen LogP contribution in [0.4, 0.5) is 0 Å². The Morgan fingerprint density at radius 1 is 1.53 bits per heavy atom. The van der Waals surface area contributed by atoms with E-state index in [9.17, 15) is 4.79 Å². The minimum Gasteiger partial charge on any atom is -0.369 e. The number of piperidine rings is 1.